The Bertz CT molecular complexity index is 601. The topological polar surface area (TPSA) is 77.6 Å². The molecule has 0 spiro atoms. The van der Waals surface area contributed by atoms with Crippen molar-refractivity contribution in [1.82, 2.24) is 29.6 Å². The zero-order chi connectivity index (χ0) is 15.9. The number of hydrogen-bond donors (Lipinski definition) is 1. The summed E-state index contributed by atoms with van der Waals surface area (Å²) in [4.78, 5) is 16.1. The van der Waals surface area contributed by atoms with E-state index in [0.29, 0.717) is 32.0 Å². The molecule has 0 unspecified atom stereocenters. The van der Waals surface area contributed by atoms with Crippen LogP contribution in [0.2, 0.25) is 0 Å². The van der Waals surface area contributed by atoms with Gasteiger partial charge >= 0.3 is 0 Å². The Morgan fingerprint density at radius 2 is 2.18 bits per heavy atom. The van der Waals surface area contributed by atoms with E-state index in [-0.39, 0.29) is 5.91 Å². The monoisotopic (exact) mass is 304 g/mol. The van der Waals surface area contributed by atoms with Crippen molar-refractivity contribution in [3.63, 3.8) is 0 Å². The summed E-state index contributed by atoms with van der Waals surface area (Å²) in [6.07, 6.45) is 7.44. The maximum atomic E-state index is 11.9. The first kappa shape index (κ1) is 16.2. The second-order valence-electron chi connectivity index (χ2n) is 5.49. The molecule has 0 aromatic carbocycles. The number of rotatable bonds is 8. The van der Waals surface area contributed by atoms with Crippen molar-refractivity contribution in [1.29, 1.82) is 0 Å². The molecule has 1 N–H and O–H groups in total. The smallest absolute Gasteiger partial charge is 0.221 e. The number of amides is 1. The predicted octanol–water partition coefficient (Wildman–Crippen LogP) is 1.37. The fraction of sp³-hybridized carbons (Fsp3) is 0.600. The van der Waals surface area contributed by atoms with E-state index in [4.69, 9.17) is 0 Å². The Labute approximate surface area is 130 Å². The molecule has 2 aromatic heterocycles. The van der Waals surface area contributed by atoms with Crippen LogP contribution in [0.4, 0.5) is 0 Å². The summed E-state index contributed by atoms with van der Waals surface area (Å²) in [5, 5.41) is 10.9. The maximum absolute atomic E-state index is 11.9. The third-order valence-corrected chi connectivity index (χ3v) is 3.57. The summed E-state index contributed by atoms with van der Waals surface area (Å²) in [5.41, 5.74) is 0. The molecule has 0 saturated carbocycles. The second kappa shape index (κ2) is 7.72. The molecule has 0 radical (unpaired) electrons. The zero-order valence-corrected chi connectivity index (χ0v) is 13.5. The van der Waals surface area contributed by atoms with Gasteiger partial charge in [-0.25, -0.2) is 4.98 Å². The van der Waals surface area contributed by atoms with Crippen molar-refractivity contribution in [2.45, 2.75) is 52.6 Å². The number of carbonyl (C=O) groups is 1. The van der Waals surface area contributed by atoms with E-state index >= 15 is 0 Å². The van der Waals surface area contributed by atoms with E-state index in [2.05, 4.69) is 41.3 Å². The lowest BCUT2D eigenvalue weighted by Gasteiger charge is -2.10. The fourth-order valence-corrected chi connectivity index (χ4v) is 2.36. The summed E-state index contributed by atoms with van der Waals surface area (Å²) in [6.45, 7) is 7.47. The Morgan fingerprint density at radius 3 is 2.91 bits per heavy atom. The molecule has 0 fully saturated rings. The number of nitrogens with one attached hydrogen (secondary N) is 1. The van der Waals surface area contributed by atoms with Crippen molar-refractivity contribution in [3.8, 4) is 0 Å². The highest BCUT2D eigenvalue weighted by atomic mass is 16.1. The summed E-state index contributed by atoms with van der Waals surface area (Å²) < 4.78 is 4.04. The highest BCUT2D eigenvalue weighted by Gasteiger charge is 2.08. The first-order chi connectivity index (χ1) is 10.6. The molecule has 22 heavy (non-hydrogen) atoms. The van der Waals surface area contributed by atoms with E-state index in [1.165, 1.54) is 0 Å². The number of carbonyl (C=O) groups excluding carboxylic acids is 1. The fourth-order valence-electron chi connectivity index (χ4n) is 2.36. The second-order valence-corrected chi connectivity index (χ2v) is 5.49. The molecule has 0 bridgehead atoms. The molecule has 120 valence electrons. The van der Waals surface area contributed by atoms with Gasteiger partial charge in [0.15, 0.2) is 0 Å². The first-order valence-electron chi connectivity index (χ1n) is 7.77. The highest BCUT2D eigenvalue weighted by molar-refractivity contribution is 5.75. The lowest BCUT2D eigenvalue weighted by atomic mass is 10.3. The SMILES string of the molecule is CCc1nccn1CCC(=O)NCCc1nncn1C(C)C. The van der Waals surface area contributed by atoms with Crippen molar-refractivity contribution in [3.05, 3.63) is 30.4 Å². The van der Waals surface area contributed by atoms with Crippen LogP contribution in [-0.2, 0) is 24.2 Å². The van der Waals surface area contributed by atoms with Crippen LogP contribution in [0.15, 0.2) is 18.7 Å². The molecular formula is C15H24N6O. The minimum absolute atomic E-state index is 0.0476. The van der Waals surface area contributed by atoms with Gasteiger partial charge in [-0.05, 0) is 13.8 Å². The molecule has 1 amide bonds. The third kappa shape index (κ3) is 4.16. The van der Waals surface area contributed by atoms with Gasteiger partial charge < -0.3 is 14.5 Å². The van der Waals surface area contributed by atoms with Crippen LogP contribution in [0.3, 0.4) is 0 Å². The quantitative estimate of drug-likeness (QED) is 0.799. The summed E-state index contributed by atoms with van der Waals surface area (Å²) >= 11 is 0. The predicted molar refractivity (Wildman–Crippen MR) is 83.3 cm³/mol. The van der Waals surface area contributed by atoms with Crippen molar-refractivity contribution in [2.24, 2.45) is 0 Å². The van der Waals surface area contributed by atoms with Gasteiger partial charge in [0.25, 0.3) is 0 Å². The largest absolute Gasteiger partial charge is 0.356 e. The van der Waals surface area contributed by atoms with Gasteiger partial charge in [-0.3, -0.25) is 4.79 Å². The van der Waals surface area contributed by atoms with E-state index in [0.717, 1.165) is 18.1 Å². The normalized spacial score (nSPS) is 11.1. The molecule has 0 saturated heterocycles. The number of nitrogens with zero attached hydrogens (tertiary/aromatic N) is 5. The van der Waals surface area contributed by atoms with Gasteiger partial charge in [-0.15, -0.1) is 10.2 Å². The van der Waals surface area contributed by atoms with Crippen molar-refractivity contribution < 1.29 is 4.79 Å². The maximum Gasteiger partial charge on any atom is 0.221 e. The van der Waals surface area contributed by atoms with Crippen LogP contribution in [0, 0.1) is 0 Å². The van der Waals surface area contributed by atoms with Crippen LogP contribution < -0.4 is 5.32 Å². The number of aromatic nitrogens is 5. The Hall–Kier alpha value is -2.18. The van der Waals surface area contributed by atoms with Crippen LogP contribution >= 0.6 is 0 Å². The average molecular weight is 304 g/mol. The molecule has 7 nitrogen and oxygen atoms in total. The van der Waals surface area contributed by atoms with Crippen LogP contribution in [0.5, 0.6) is 0 Å². The Balaban J connectivity index is 1.73. The number of hydrogen-bond acceptors (Lipinski definition) is 4. The van der Waals surface area contributed by atoms with Gasteiger partial charge in [0.05, 0.1) is 0 Å². The molecule has 0 aliphatic rings. The minimum atomic E-state index is 0.0476. The zero-order valence-electron chi connectivity index (χ0n) is 13.5. The molecular weight excluding hydrogens is 280 g/mol. The van der Waals surface area contributed by atoms with Crippen LogP contribution in [0.1, 0.15) is 44.9 Å². The van der Waals surface area contributed by atoms with Gasteiger partial charge in [-0.1, -0.05) is 6.92 Å². The standard InChI is InChI=1S/C15H24N6O/c1-4-13-16-8-10-20(13)9-6-15(22)17-7-5-14-19-18-11-21(14)12(2)3/h8,10-12H,4-7,9H2,1-3H3,(H,17,22). The third-order valence-electron chi connectivity index (χ3n) is 3.57. The lowest BCUT2D eigenvalue weighted by molar-refractivity contribution is -0.121. The van der Waals surface area contributed by atoms with E-state index in [1.54, 1.807) is 12.5 Å². The van der Waals surface area contributed by atoms with Gasteiger partial charge in [0, 0.05) is 50.8 Å². The molecule has 7 heteroatoms. The van der Waals surface area contributed by atoms with Crippen molar-refractivity contribution in [2.75, 3.05) is 6.54 Å². The van der Waals surface area contributed by atoms with Gasteiger partial charge in [0.2, 0.25) is 5.91 Å². The van der Waals surface area contributed by atoms with E-state index in [9.17, 15) is 4.79 Å². The number of imidazole rings is 1. The molecule has 2 rings (SSSR count). The average Bonchev–Trinajstić information content (AvgIpc) is 3.13. The Kier molecular flexibility index (Phi) is 5.68. The van der Waals surface area contributed by atoms with Gasteiger partial charge in [-0.2, -0.15) is 0 Å². The molecule has 0 aliphatic heterocycles. The van der Waals surface area contributed by atoms with Crippen LogP contribution in [0.25, 0.3) is 0 Å². The molecule has 2 heterocycles. The Morgan fingerprint density at radius 1 is 1.36 bits per heavy atom. The molecule has 0 atom stereocenters. The number of aryl methyl sites for hydroxylation is 2. The highest BCUT2D eigenvalue weighted by Crippen LogP contribution is 2.06. The van der Waals surface area contributed by atoms with Crippen LogP contribution in [-0.4, -0.2) is 36.8 Å². The van der Waals surface area contributed by atoms with Crippen molar-refractivity contribution >= 4 is 5.91 Å². The summed E-state index contributed by atoms with van der Waals surface area (Å²) in [7, 11) is 0. The summed E-state index contributed by atoms with van der Waals surface area (Å²) in [5.74, 6) is 1.96. The molecule has 0 aliphatic carbocycles. The minimum Gasteiger partial charge on any atom is -0.356 e. The molecule has 2 aromatic rings. The summed E-state index contributed by atoms with van der Waals surface area (Å²) in [6, 6.07) is 0.328. The van der Waals surface area contributed by atoms with E-state index < -0.39 is 0 Å². The lowest BCUT2D eigenvalue weighted by Crippen LogP contribution is -2.27. The first-order valence-corrected chi connectivity index (χ1v) is 7.77. The van der Waals surface area contributed by atoms with E-state index in [1.807, 2.05) is 15.3 Å². The van der Waals surface area contributed by atoms with Gasteiger partial charge in [0.1, 0.15) is 18.0 Å².